The number of carbonyl (C=O) groups is 2. The summed E-state index contributed by atoms with van der Waals surface area (Å²) >= 11 is 0. The van der Waals surface area contributed by atoms with Gasteiger partial charge in [-0.3, -0.25) is 9.59 Å². The van der Waals surface area contributed by atoms with Crippen molar-refractivity contribution < 1.29 is 18.7 Å². The number of carbonyl (C=O) groups excluding carboxylic acids is 2. The average molecular weight is 427 g/mol. The fraction of sp³-hybridized carbons (Fsp3) is 0.440. The second-order valence-corrected chi connectivity index (χ2v) is 9.07. The molecule has 0 saturated carbocycles. The first-order chi connectivity index (χ1) is 14.6. The molecule has 0 bridgehead atoms. The van der Waals surface area contributed by atoms with Crippen molar-refractivity contribution >= 4 is 17.4 Å². The third-order valence-electron chi connectivity index (χ3n) is 5.65. The third kappa shape index (κ3) is 5.43. The van der Waals surface area contributed by atoms with E-state index >= 15 is 0 Å². The van der Waals surface area contributed by atoms with Gasteiger partial charge in [-0.25, -0.2) is 4.39 Å². The number of piperazine rings is 1. The number of ketones is 1. The molecule has 1 unspecified atom stereocenters. The van der Waals surface area contributed by atoms with E-state index < -0.39 is 11.9 Å². The van der Waals surface area contributed by atoms with E-state index in [2.05, 4.69) is 26.8 Å². The van der Waals surface area contributed by atoms with Crippen molar-refractivity contribution in [1.29, 1.82) is 0 Å². The summed E-state index contributed by atoms with van der Waals surface area (Å²) in [5.41, 5.74) is 1.97. The van der Waals surface area contributed by atoms with Crippen molar-refractivity contribution in [2.24, 2.45) is 0 Å². The number of anilines is 1. The first-order valence-electron chi connectivity index (χ1n) is 10.7. The van der Waals surface area contributed by atoms with E-state index in [0.717, 1.165) is 5.56 Å². The van der Waals surface area contributed by atoms with Crippen molar-refractivity contribution in [3.63, 3.8) is 0 Å². The number of amides is 1. The largest absolute Gasteiger partial charge is 0.481 e. The van der Waals surface area contributed by atoms with E-state index in [1.54, 1.807) is 24.0 Å². The quantitative estimate of drug-likeness (QED) is 0.663. The first kappa shape index (κ1) is 22.8. The molecule has 1 aliphatic heterocycles. The van der Waals surface area contributed by atoms with E-state index in [1.165, 1.54) is 13.0 Å². The van der Waals surface area contributed by atoms with Crippen molar-refractivity contribution in [3.8, 4) is 5.75 Å². The number of halogens is 1. The van der Waals surface area contributed by atoms with E-state index in [4.69, 9.17) is 4.74 Å². The summed E-state index contributed by atoms with van der Waals surface area (Å²) < 4.78 is 20.4. The van der Waals surface area contributed by atoms with Crippen LogP contribution < -0.4 is 9.64 Å². The number of benzene rings is 2. The highest BCUT2D eigenvalue weighted by atomic mass is 19.1. The lowest BCUT2D eigenvalue weighted by molar-refractivity contribution is -0.138. The van der Waals surface area contributed by atoms with Crippen LogP contribution in [0.1, 0.15) is 50.5 Å². The molecule has 31 heavy (non-hydrogen) atoms. The summed E-state index contributed by atoms with van der Waals surface area (Å²) in [5, 5.41) is 0. The minimum atomic E-state index is -0.603. The summed E-state index contributed by atoms with van der Waals surface area (Å²) in [6, 6.07) is 12.4. The molecule has 2 aromatic rings. The summed E-state index contributed by atoms with van der Waals surface area (Å²) in [5.74, 6) is 0.0264. The second kappa shape index (κ2) is 9.08. The molecule has 1 heterocycles. The Morgan fingerprint density at radius 1 is 1.03 bits per heavy atom. The summed E-state index contributed by atoms with van der Waals surface area (Å²) in [4.78, 5) is 28.0. The predicted octanol–water partition coefficient (Wildman–Crippen LogP) is 4.44. The van der Waals surface area contributed by atoms with E-state index in [-0.39, 0.29) is 17.1 Å². The molecule has 0 aliphatic carbocycles. The van der Waals surface area contributed by atoms with E-state index in [0.29, 0.717) is 43.2 Å². The highest BCUT2D eigenvalue weighted by Gasteiger charge is 2.27. The maximum absolute atomic E-state index is 14.4. The Kier molecular flexibility index (Phi) is 6.68. The zero-order chi connectivity index (χ0) is 22.8. The maximum atomic E-state index is 14.4. The van der Waals surface area contributed by atoms with Gasteiger partial charge in [-0.15, -0.1) is 0 Å². The van der Waals surface area contributed by atoms with Crippen LogP contribution in [0.3, 0.4) is 0 Å². The van der Waals surface area contributed by atoms with Crippen LogP contribution >= 0.6 is 0 Å². The van der Waals surface area contributed by atoms with Crippen LogP contribution in [-0.2, 0) is 10.2 Å². The molecule has 0 N–H and O–H groups in total. The van der Waals surface area contributed by atoms with Crippen LogP contribution in [0, 0.1) is 5.82 Å². The van der Waals surface area contributed by atoms with Crippen LogP contribution in [0.2, 0.25) is 0 Å². The van der Waals surface area contributed by atoms with Gasteiger partial charge in [-0.1, -0.05) is 32.9 Å². The molecule has 1 fully saturated rings. The van der Waals surface area contributed by atoms with E-state index in [1.807, 2.05) is 23.1 Å². The monoisotopic (exact) mass is 426 g/mol. The van der Waals surface area contributed by atoms with Crippen LogP contribution in [0.25, 0.3) is 0 Å². The predicted molar refractivity (Wildman–Crippen MR) is 120 cm³/mol. The molecule has 166 valence electrons. The van der Waals surface area contributed by atoms with Gasteiger partial charge < -0.3 is 14.5 Å². The highest BCUT2D eigenvalue weighted by molar-refractivity contribution is 5.94. The number of hydrogen-bond acceptors (Lipinski definition) is 4. The molecule has 2 aromatic carbocycles. The van der Waals surface area contributed by atoms with Gasteiger partial charge in [0.15, 0.2) is 11.9 Å². The van der Waals surface area contributed by atoms with Gasteiger partial charge in [0, 0.05) is 31.7 Å². The number of rotatable bonds is 5. The lowest BCUT2D eigenvalue weighted by Crippen LogP contribution is -2.52. The van der Waals surface area contributed by atoms with E-state index in [9.17, 15) is 14.0 Å². The molecule has 1 amide bonds. The minimum absolute atomic E-state index is 0.000832. The summed E-state index contributed by atoms with van der Waals surface area (Å²) in [6.07, 6.45) is -0.603. The first-order valence-corrected chi connectivity index (χ1v) is 10.7. The molecular formula is C25H31FN2O3. The topological polar surface area (TPSA) is 49.9 Å². The van der Waals surface area contributed by atoms with Crippen molar-refractivity contribution in [3.05, 3.63) is 59.4 Å². The zero-order valence-corrected chi connectivity index (χ0v) is 18.9. The Bertz CT molecular complexity index is 959. The fourth-order valence-corrected chi connectivity index (χ4v) is 3.70. The number of nitrogens with zero attached hydrogens (tertiary/aromatic N) is 2. The van der Waals surface area contributed by atoms with Crippen LogP contribution in [-0.4, -0.2) is 48.9 Å². The Labute approximate surface area is 183 Å². The number of ether oxygens (including phenoxy) is 1. The Hall–Kier alpha value is -2.89. The summed E-state index contributed by atoms with van der Waals surface area (Å²) in [6.45, 7) is 11.6. The number of Topliss-reactive ketones (excluding diaryl/α,β-unsaturated/α-hetero) is 1. The normalized spacial score (nSPS) is 15.5. The van der Waals surface area contributed by atoms with Gasteiger partial charge in [-0.2, -0.15) is 0 Å². The van der Waals surface area contributed by atoms with Crippen molar-refractivity contribution in [2.75, 3.05) is 31.1 Å². The van der Waals surface area contributed by atoms with Crippen LogP contribution in [0.5, 0.6) is 5.75 Å². The Balaban J connectivity index is 1.59. The standard InChI is InChI=1S/C25H31FN2O3/c1-17(29)19-9-10-23(22(26)15-19)27-11-13-28(14-12-27)24(30)18(2)31-21-8-6-7-20(16-21)25(3,4)5/h6-10,15-16,18H,11-14H2,1-5H3. The zero-order valence-electron chi connectivity index (χ0n) is 18.9. The molecule has 1 aliphatic rings. The molecule has 0 aromatic heterocycles. The van der Waals surface area contributed by atoms with Gasteiger partial charge in [-0.05, 0) is 55.2 Å². The summed E-state index contributed by atoms with van der Waals surface area (Å²) in [7, 11) is 0. The SMILES string of the molecule is CC(=O)c1ccc(N2CCN(C(=O)C(C)Oc3cccc(C(C)(C)C)c3)CC2)c(F)c1. The van der Waals surface area contributed by atoms with Gasteiger partial charge in [0.1, 0.15) is 11.6 Å². The molecule has 5 nitrogen and oxygen atoms in total. The Morgan fingerprint density at radius 2 is 1.71 bits per heavy atom. The van der Waals surface area contributed by atoms with Crippen molar-refractivity contribution in [2.45, 2.75) is 46.1 Å². The molecule has 1 saturated heterocycles. The maximum Gasteiger partial charge on any atom is 0.263 e. The van der Waals surface area contributed by atoms with Crippen molar-refractivity contribution in [1.82, 2.24) is 4.90 Å². The second-order valence-electron chi connectivity index (χ2n) is 9.07. The Morgan fingerprint density at radius 3 is 2.29 bits per heavy atom. The molecule has 6 heteroatoms. The molecule has 0 radical (unpaired) electrons. The molecular weight excluding hydrogens is 395 g/mol. The highest BCUT2D eigenvalue weighted by Crippen LogP contribution is 2.27. The third-order valence-corrected chi connectivity index (χ3v) is 5.65. The molecule has 0 spiro atoms. The van der Waals surface area contributed by atoms with Crippen LogP contribution in [0.4, 0.5) is 10.1 Å². The average Bonchev–Trinajstić information content (AvgIpc) is 2.73. The number of hydrogen-bond donors (Lipinski definition) is 0. The van der Waals surface area contributed by atoms with Gasteiger partial charge in [0.25, 0.3) is 5.91 Å². The fourth-order valence-electron chi connectivity index (χ4n) is 3.70. The molecule has 3 rings (SSSR count). The smallest absolute Gasteiger partial charge is 0.263 e. The lowest BCUT2D eigenvalue weighted by Gasteiger charge is -2.37. The van der Waals surface area contributed by atoms with Gasteiger partial charge in [0.05, 0.1) is 5.69 Å². The minimum Gasteiger partial charge on any atom is -0.481 e. The van der Waals surface area contributed by atoms with Crippen LogP contribution in [0.15, 0.2) is 42.5 Å². The van der Waals surface area contributed by atoms with Gasteiger partial charge in [0.2, 0.25) is 0 Å². The van der Waals surface area contributed by atoms with Gasteiger partial charge >= 0.3 is 0 Å². The molecule has 1 atom stereocenters. The lowest BCUT2D eigenvalue weighted by atomic mass is 9.87.